The van der Waals surface area contributed by atoms with Crippen molar-refractivity contribution in [3.8, 4) is 0 Å². The van der Waals surface area contributed by atoms with Crippen molar-refractivity contribution in [2.45, 2.75) is 50.6 Å². The first-order valence-corrected chi connectivity index (χ1v) is 17.4. The van der Waals surface area contributed by atoms with Crippen LogP contribution in [-0.2, 0) is 28.0 Å². The second-order valence-corrected chi connectivity index (χ2v) is 13.6. The van der Waals surface area contributed by atoms with Crippen molar-refractivity contribution < 1.29 is 19.2 Å². The Hall–Kier alpha value is -5.44. The monoisotopic (exact) mass is 713 g/mol. The third-order valence-electron chi connectivity index (χ3n) is 9.84. The normalized spacial score (nSPS) is 18.2. The molecule has 1 unspecified atom stereocenters. The van der Waals surface area contributed by atoms with Crippen LogP contribution in [0.25, 0.3) is 10.9 Å². The highest BCUT2D eigenvalue weighted by Crippen LogP contribution is 2.34. The average molecular weight is 714 g/mol. The van der Waals surface area contributed by atoms with Crippen LogP contribution in [0, 0.1) is 0 Å². The van der Waals surface area contributed by atoms with E-state index in [0.717, 1.165) is 59.5 Å². The maximum Gasteiger partial charge on any atom is 0.324 e. The van der Waals surface area contributed by atoms with Gasteiger partial charge in [-0.25, -0.2) is 9.78 Å². The van der Waals surface area contributed by atoms with E-state index in [0.29, 0.717) is 48.4 Å². The number of halogens is 1. The molecule has 2 aromatic heterocycles. The van der Waals surface area contributed by atoms with E-state index in [-0.39, 0.29) is 36.2 Å². The Morgan fingerprint density at radius 3 is 2.59 bits per heavy atom. The summed E-state index contributed by atoms with van der Waals surface area (Å²) in [5, 5.41) is 18.0. The van der Waals surface area contributed by atoms with Gasteiger partial charge in [-0.3, -0.25) is 29.3 Å². The van der Waals surface area contributed by atoms with E-state index in [1.54, 1.807) is 34.8 Å². The molecule has 51 heavy (non-hydrogen) atoms. The van der Waals surface area contributed by atoms with Crippen LogP contribution in [0.15, 0.2) is 42.6 Å². The number of anilines is 5. The maximum absolute atomic E-state index is 12.9. The average Bonchev–Trinajstić information content (AvgIpc) is 3.45. The molecule has 4 N–H and O–H groups in total. The van der Waals surface area contributed by atoms with Gasteiger partial charge in [-0.1, -0.05) is 11.6 Å². The fraction of sp³-hybridized carbons (Fsp3) is 0.400. The minimum Gasteiger partial charge on any atom is -0.382 e. The number of hydrogen-bond donors (Lipinski definition) is 4. The molecule has 2 fully saturated rings. The van der Waals surface area contributed by atoms with E-state index in [4.69, 9.17) is 16.6 Å². The molecule has 2 saturated heterocycles. The standard InChI is InChI=1S/C35H40ClN11O4/c1-37-29(48)12-15-47-19-20-16-22(5-8-27(20)44(2)35(47)51)40-32-26(36)18-38-34(42-32)46-13-10-21(11-14-46)39-23-4-6-24-28(17-23)45(3)43-31(24)25-7-9-30(49)41-33(25)50/h4-6,8,16-18,21,25,39H,7,9-15,19H2,1-3H3,(H,37,48)(H,38,40,42)(H,41,49,50). The van der Waals surface area contributed by atoms with Gasteiger partial charge in [-0.2, -0.15) is 10.1 Å². The zero-order valence-corrected chi connectivity index (χ0v) is 29.5. The minimum absolute atomic E-state index is 0.118. The van der Waals surface area contributed by atoms with Crippen LogP contribution in [0.4, 0.5) is 33.6 Å². The Kier molecular flexibility index (Phi) is 9.38. The van der Waals surface area contributed by atoms with Crippen LogP contribution < -0.4 is 31.1 Å². The lowest BCUT2D eigenvalue weighted by Gasteiger charge is -2.35. The number of nitrogens with zero attached hydrogens (tertiary/aromatic N) is 7. The van der Waals surface area contributed by atoms with Crippen molar-refractivity contribution in [2.24, 2.45) is 7.05 Å². The second-order valence-electron chi connectivity index (χ2n) is 13.2. The van der Waals surface area contributed by atoms with E-state index in [9.17, 15) is 19.2 Å². The smallest absolute Gasteiger partial charge is 0.324 e. The van der Waals surface area contributed by atoms with Gasteiger partial charge in [0.15, 0.2) is 5.82 Å². The summed E-state index contributed by atoms with van der Waals surface area (Å²) < 4.78 is 1.79. The molecule has 0 spiro atoms. The summed E-state index contributed by atoms with van der Waals surface area (Å²) in [6, 6.07) is 11.9. The molecule has 5 amide bonds. The number of aromatic nitrogens is 4. The Balaban J connectivity index is 0.984. The van der Waals surface area contributed by atoms with Crippen molar-refractivity contribution in [3.05, 3.63) is 58.9 Å². The van der Waals surface area contributed by atoms with E-state index < -0.39 is 5.92 Å². The number of fused-ring (bicyclic) bond motifs is 2. The minimum atomic E-state index is -0.439. The molecular weight excluding hydrogens is 674 g/mol. The molecule has 266 valence electrons. The van der Waals surface area contributed by atoms with Crippen molar-refractivity contribution in [2.75, 3.05) is 54.2 Å². The van der Waals surface area contributed by atoms with Gasteiger partial charge < -0.3 is 25.8 Å². The summed E-state index contributed by atoms with van der Waals surface area (Å²) in [6.07, 6.45) is 4.34. The highest BCUT2D eigenvalue weighted by atomic mass is 35.5. The van der Waals surface area contributed by atoms with Crippen LogP contribution in [0.2, 0.25) is 5.02 Å². The van der Waals surface area contributed by atoms with Gasteiger partial charge in [0.2, 0.25) is 23.7 Å². The number of urea groups is 1. The first-order valence-electron chi connectivity index (χ1n) is 17.1. The number of hydrogen-bond acceptors (Lipinski definition) is 10. The van der Waals surface area contributed by atoms with Crippen molar-refractivity contribution >= 4 is 75.1 Å². The molecule has 1 atom stereocenters. The van der Waals surface area contributed by atoms with E-state index in [1.807, 2.05) is 37.4 Å². The van der Waals surface area contributed by atoms with Crippen LogP contribution in [0.1, 0.15) is 49.3 Å². The zero-order valence-electron chi connectivity index (χ0n) is 28.7. The predicted octanol–water partition coefficient (Wildman–Crippen LogP) is 3.87. The zero-order chi connectivity index (χ0) is 35.8. The van der Waals surface area contributed by atoms with Gasteiger partial charge in [0.25, 0.3) is 0 Å². The van der Waals surface area contributed by atoms with Crippen molar-refractivity contribution in [1.29, 1.82) is 0 Å². The number of piperidine rings is 2. The van der Waals surface area contributed by atoms with Crippen molar-refractivity contribution in [3.63, 3.8) is 0 Å². The number of rotatable bonds is 9. The summed E-state index contributed by atoms with van der Waals surface area (Å²) >= 11 is 6.55. The van der Waals surface area contributed by atoms with E-state index >= 15 is 0 Å². The van der Waals surface area contributed by atoms with Crippen LogP contribution in [0.5, 0.6) is 0 Å². The third kappa shape index (κ3) is 6.98. The molecule has 7 rings (SSSR count). The molecule has 16 heteroatoms. The van der Waals surface area contributed by atoms with E-state index in [1.165, 1.54) is 0 Å². The number of carbonyl (C=O) groups is 4. The lowest BCUT2D eigenvalue weighted by atomic mass is 9.93. The number of aryl methyl sites for hydroxylation is 1. The fourth-order valence-corrected chi connectivity index (χ4v) is 7.16. The highest BCUT2D eigenvalue weighted by Gasteiger charge is 2.32. The summed E-state index contributed by atoms with van der Waals surface area (Å²) in [5.41, 5.74) is 5.12. The molecule has 3 aliphatic rings. The van der Waals surface area contributed by atoms with Gasteiger partial charge >= 0.3 is 6.03 Å². The molecule has 2 aromatic carbocycles. The number of nitrogens with one attached hydrogen (secondary N) is 4. The molecule has 15 nitrogen and oxygen atoms in total. The summed E-state index contributed by atoms with van der Waals surface area (Å²) in [5.74, 6) is -0.0156. The Morgan fingerprint density at radius 1 is 1.04 bits per heavy atom. The summed E-state index contributed by atoms with van der Waals surface area (Å²) in [4.78, 5) is 63.5. The molecule has 0 saturated carbocycles. The van der Waals surface area contributed by atoms with Gasteiger partial charge in [-0.15, -0.1) is 0 Å². The number of imide groups is 1. The highest BCUT2D eigenvalue weighted by molar-refractivity contribution is 6.32. The summed E-state index contributed by atoms with van der Waals surface area (Å²) in [6.45, 7) is 2.20. The Bertz CT molecular complexity index is 2030. The van der Waals surface area contributed by atoms with Gasteiger partial charge in [0.1, 0.15) is 5.02 Å². The topological polar surface area (TPSA) is 170 Å². The molecule has 5 heterocycles. The molecule has 4 aromatic rings. The predicted molar refractivity (Wildman–Crippen MR) is 194 cm³/mol. The van der Waals surface area contributed by atoms with Crippen LogP contribution in [0.3, 0.4) is 0 Å². The van der Waals surface area contributed by atoms with Crippen LogP contribution >= 0.6 is 11.6 Å². The number of carbonyl (C=O) groups excluding carboxylic acids is 4. The van der Waals surface area contributed by atoms with Crippen molar-refractivity contribution in [1.82, 2.24) is 35.3 Å². The molecule has 0 aliphatic carbocycles. The SMILES string of the molecule is CNC(=O)CCN1Cc2cc(Nc3nc(N4CCC(Nc5ccc6c(C7CCC(=O)NC7=O)nn(C)c6c5)CC4)ncc3Cl)ccc2N(C)C1=O. The quantitative estimate of drug-likeness (QED) is 0.187. The van der Waals surface area contributed by atoms with Gasteiger partial charge in [-0.05, 0) is 61.2 Å². The van der Waals surface area contributed by atoms with Gasteiger partial charge in [0.05, 0.1) is 29.0 Å². The largest absolute Gasteiger partial charge is 0.382 e. The fourth-order valence-electron chi connectivity index (χ4n) is 7.02. The molecule has 0 bridgehead atoms. The second kappa shape index (κ2) is 14.1. The lowest BCUT2D eigenvalue weighted by molar-refractivity contribution is -0.134. The number of amides is 5. The first-order chi connectivity index (χ1) is 24.6. The van der Waals surface area contributed by atoms with Crippen LogP contribution in [-0.4, -0.2) is 88.2 Å². The molecule has 3 aliphatic heterocycles. The number of benzene rings is 2. The van der Waals surface area contributed by atoms with E-state index in [2.05, 4.69) is 42.3 Å². The first kappa shape index (κ1) is 34.0. The third-order valence-corrected chi connectivity index (χ3v) is 10.1. The molecular formula is C35H40ClN11O4. The lowest BCUT2D eigenvalue weighted by Crippen LogP contribution is -2.46. The molecule has 0 radical (unpaired) electrons. The Labute approximate surface area is 299 Å². The Morgan fingerprint density at radius 2 is 1.82 bits per heavy atom. The maximum atomic E-state index is 12.9. The summed E-state index contributed by atoms with van der Waals surface area (Å²) in [7, 11) is 5.18. The van der Waals surface area contributed by atoms with Gasteiger partial charge in [0, 0.05) is 83.0 Å².